The fourth-order valence-electron chi connectivity index (χ4n) is 2.26. The van der Waals surface area contributed by atoms with E-state index in [0.717, 1.165) is 24.4 Å². The van der Waals surface area contributed by atoms with Crippen LogP contribution in [0.5, 0.6) is 5.75 Å². The largest absolute Gasteiger partial charge is 0.494 e. The number of hydrogen-bond acceptors (Lipinski definition) is 4. The molecule has 0 unspecified atom stereocenters. The molecule has 0 spiro atoms. The zero-order valence-corrected chi connectivity index (χ0v) is 17.0. The van der Waals surface area contributed by atoms with Crippen LogP contribution >= 0.6 is 24.0 Å². The molecule has 0 aliphatic carbocycles. The van der Waals surface area contributed by atoms with Gasteiger partial charge in [0.2, 0.25) is 0 Å². The number of nitrogens with one attached hydrogen (secondary N) is 2. The van der Waals surface area contributed by atoms with Crippen LogP contribution in [0.1, 0.15) is 18.3 Å². The fourth-order valence-corrected chi connectivity index (χ4v) is 2.26. The number of rotatable bonds is 7. The Balaban J connectivity index is 0.00000312. The van der Waals surface area contributed by atoms with Gasteiger partial charge in [-0.15, -0.1) is 34.2 Å². The highest BCUT2D eigenvalue weighted by atomic mass is 127. The number of aryl methyl sites for hydroxylation is 1. The summed E-state index contributed by atoms with van der Waals surface area (Å²) in [6.07, 6.45) is 2.56. The number of aromatic nitrogens is 3. The van der Waals surface area contributed by atoms with E-state index in [2.05, 4.69) is 25.8 Å². The van der Waals surface area contributed by atoms with Crippen LogP contribution < -0.4 is 15.4 Å². The van der Waals surface area contributed by atoms with Crippen LogP contribution in [0.25, 0.3) is 0 Å². The lowest BCUT2D eigenvalue weighted by molar-refractivity contribution is 0.386. The van der Waals surface area contributed by atoms with Crippen LogP contribution in [0.15, 0.2) is 29.5 Å². The minimum atomic E-state index is -0.376. The molecule has 138 valence electrons. The summed E-state index contributed by atoms with van der Waals surface area (Å²) in [6.45, 7) is 3.94. The Morgan fingerprint density at radius 2 is 2.16 bits per heavy atom. The molecule has 0 saturated heterocycles. The van der Waals surface area contributed by atoms with Gasteiger partial charge in [-0.1, -0.05) is 13.0 Å². The van der Waals surface area contributed by atoms with Crippen molar-refractivity contribution in [3.63, 3.8) is 0 Å². The first kappa shape index (κ1) is 21.1. The molecular formula is C16H24FIN6O. The number of guanidine groups is 1. The maximum absolute atomic E-state index is 13.7. The van der Waals surface area contributed by atoms with Gasteiger partial charge in [0, 0.05) is 33.1 Å². The third-order valence-corrected chi connectivity index (χ3v) is 3.56. The molecular weight excluding hydrogens is 438 g/mol. The molecule has 0 saturated carbocycles. The number of nitrogens with zero attached hydrogens (tertiary/aromatic N) is 4. The van der Waals surface area contributed by atoms with Crippen molar-refractivity contribution in [2.24, 2.45) is 4.99 Å². The minimum Gasteiger partial charge on any atom is -0.494 e. The molecule has 2 rings (SSSR count). The van der Waals surface area contributed by atoms with Gasteiger partial charge in [-0.05, 0) is 17.7 Å². The fraction of sp³-hybridized carbons (Fsp3) is 0.438. The number of halogens is 2. The van der Waals surface area contributed by atoms with Crippen molar-refractivity contribution < 1.29 is 9.13 Å². The zero-order chi connectivity index (χ0) is 17.4. The first-order valence-electron chi connectivity index (χ1n) is 7.81. The number of aliphatic imine (C=N–C) groups is 1. The van der Waals surface area contributed by atoms with Gasteiger partial charge in [-0.25, -0.2) is 4.39 Å². The maximum atomic E-state index is 13.7. The van der Waals surface area contributed by atoms with Crippen molar-refractivity contribution in [2.75, 3.05) is 20.7 Å². The Hall–Kier alpha value is -1.91. The second kappa shape index (κ2) is 10.9. The van der Waals surface area contributed by atoms with Crippen LogP contribution in [-0.4, -0.2) is 41.4 Å². The summed E-state index contributed by atoms with van der Waals surface area (Å²) in [5, 5.41) is 14.3. The molecule has 0 fully saturated rings. The monoisotopic (exact) mass is 462 g/mol. The third-order valence-electron chi connectivity index (χ3n) is 3.56. The first-order chi connectivity index (χ1) is 11.7. The predicted octanol–water partition coefficient (Wildman–Crippen LogP) is 1.97. The van der Waals surface area contributed by atoms with Gasteiger partial charge < -0.3 is 19.9 Å². The summed E-state index contributed by atoms with van der Waals surface area (Å²) in [5.74, 6) is 1.46. The second-order valence-corrected chi connectivity index (χ2v) is 5.12. The third kappa shape index (κ3) is 6.15. The van der Waals surface area contributed by atoms with Gasteiger partial charge >= 0.3 is 0 Å². The molecule has 0 amide bonds. The van der Waals surface area contributed by atoms with Crippen LogP contribution in [0.3, 0.4) is 0 Å². The normalized spacial score (nSPS) is 11.0. The average molecular weight is 462 g/mol. The van der Waals surface area contributed by atoms with Crippen LogP contribution in [0, 0.1) is 5.82 Å². The molecule has 2 N–H and O–H groups in total. The molecule has 0 atom stereocenters. The summed E-state index contributed by atoms with van der Waals surface area (Å²) in [6, 6.07) is 4.87. The summed E-state index contributed by atoms with van der Waals surface area (Å²) in [4.78, 5) is 4.16. The smallest absolute Gasteiger partial charge is 0.191 e. The van der Waals surface area contributed by atoms with Crippen molar-refractivity contribution in [3.8, 4) is 5.75 Å². The number of ether oxygens (including phenoxy) is 1. The molecule has 1 heterocycles. The van der Waals surface area contributed by atoms with E-state index < -0.39 is 0 Å². The first-order valence-corrected chi connectivity index (χ1v) is 7.81. The topological polar surface area (TPSA) is 76.4 Å². The summed E-state index contributed by atoms with van der Waals surface area (Å²) in [7, 11) is 3.14. The van der Waals surface area contributed by atoms with E-state index >= 15 is 0 Å². The van der Waals surface area contributed by atoms with Gasteiger partial charge in [0.05, 0.1) is 7.11 Å². The Kier molecular flexibility index (Phi) is 9.17. The van der Waals surface area contributed by atoms with Crippen molar-refractivity contribution in [1.82, 2.24) is 25.4 Å². The van der Waals surface area contributed by atoms with E-state index in [0.29, 0.717) is 19.0 Å². The lowest BCUT2D eigenvalue weighted by Gasteiger charge is -2.13. The van der Waals surface area contributed by atoms with Gasteiger partial charge in [0.1, 0.15) is 12.2 Å². The zero-order valence-electron chi connectivity index (χ0n) is 14.6. The highest BCUT2D eigenvalue weighted by Crippen LogP contribution is 2.17. The Morgan fingerprint density at radius 1 is 1.36 bits per heavy atom. The van der Waals surface area contributed by atoms with Gasteiger partial charge in [-0.3, -0.25) is 4.99 Å². The van der Waals surface area contributed by atoms with E-state index in [1.165, 1.54) is 13.2 Å². The summed E-state index contributed by atoms with van der Waals surface area (Å²) >= 11 is 0. The SMILES string of the molecule is CCc1nncn1CCNC(=NC)NCc1ccc(OC)c(F)c1.I. The number of benzene rings is 1. The minimum absolute atomic E-state index is 0. The lowest BCUT2D eigenvalue weighted by atomic mass is 10.2. The van der Waals surface area contributed by atoms with Crippen LogP contribution in [0.2, 0.25) is 0 Å². The molecule has 0 aliphatic heterocycles. The average Bonchev–Trinajstić information content (AvgIpc) is 3.05. The van der Waals surface area contributed by atoms with Gasteiger partial charge in [0.25, 0.3) is 0 Å². The maximum Gasteiger partial charge on any atom is 0.191 e. The van der Waals surface area contributed by atoms with E-state index in [1.54, 1.807) is 19.4 Å². The Labute approximate surface area is 164 Å². The molecule has 1 aromatic heterocycles. The molecule has 0 bridgehead atoms. The van der Waals surface area contributed by atoms with Crippen molar-refractivity contribution >= 4 is 29.9 Å². The summed E-state index contributed by atoms with van der Waals surface area (Å²) < 4.78 is 20.6. The Morgan fingerprint density at radius 3 is 2.80 bits per heavy atom. The molecule has 1 aromatic carbocycles. The molecule has 25 heavy (non-hydrogen) atoms. The lowest BCUT2D eigenvalue weighted by Crippen LogP contribution is -2.38. The van der Waals surface area contributed by atoms with Gasteiger partial charge in [-0.2, -0.15) is 0 Å². The molecule has 2 aromatic rings. The standard InChI is InChI=1S/C16H23FN6O.HI/c1-4-15-22-21-11-23(15)8-7-19-16(18-2)20-10-12-5-6-14(24-3)13(17)9-12;/h5-6,9,11H,4,7-8,10H2,1-3H3,(H2,18,19,20);1H. The number of methoxy groups -OCH3 is 1. The van der Waals surface area contributed by atoms with Crippen molar-refractivity contribution in [2.45, 2.75) is 26.4 Å². The highest BCUT2D eigenvalue weighted by Gasteiger charge is 2.05. The molecule has 9 heteroatoms. The quantitative estimate of drug-likeness (QED) is 0.374. The van der Waals surface area contributed by atoms with E-state index in [4.69, 9.17) is 4.74 Å². The predicted molar refractivity (Wildman–Crippen MR) is 106 cm³/mol. The van der Waals surface area contributed by atoms with E-state index in [9.17, 15) is 4.39 Å². The van der Waals surface area contributed by atoms with E-state index in [-0.39, 0.29) is 35.5 Å². The van der Waals surface area contributed by atoms with Gasteiger partial charge in [0.15, 0.2) is 17.5 Å². The van der Waals surface area contributed by atoms with Crippen LogP contribution in [-0.2, 0) is 19.5 Å². The second-order valence-electron chi connectivity index (χ2n) is 5.12. The summed E-state index contributed by atoms with van der Waals surface area (Å²) in [5.41, 5.74) is 0.809. The molecule has 7 nitrogen and oxygen atoms in total. The molecule has 0 radical (unpaired) electrons. The Bertz CT molecular complexity index is 691. The van der Waals surface area contributed by atoms with Crippen molar-refractivity contribution in [1.29, 1.82) is 0 Å². The van der Waals surface area contributed by atoms with Crippen molar-refractivity contribution in [3.05, 3.63) is 41.7 Å². The molecule has 0 aliphatic rings. The highest BCUT2D eigenvalue weighted by molar-refractivity contribution is 14.0. The van der Waals surface area contributed by atoms with E-state index in [1.807, 2.05) is 17.6 Å². The van der Waals surface area contributed by atoms with Crippen LogP contribution in [0.4, 0.5) is 4.39 Å². The number of hydrogen-bond donors (Lipinski definition) is 2.